The number of hydrogen-bond acceptors (Lipinski definition) is 3. The molecule has 1 unspecified atom stereocenters. The average Bonchev–Trinajstić information content (AvgIpc) is 2.51. The van der Waals surface area contributed by atoms with Crippen LogP contribution in [0.5, 0.6) is 0 Å². The van der Waals surface area contributed by atoms with Gasteiger partial charge in [-0.25, -0.2) is 9.18 Å². The van der Waals surface area contributed by atoms with Gasteiger partial charge in [0.1, 0.15) is 11.4 Å². The van der Waals surface area contributed by atoms with E-state index in [-0.39, 0.29) is 5.82 Å². The molecule has 1 atom stereocenters. The Labute approximate surface area is 118 Å². The minimum absolute atomic E-state index is 0.348. The number of halogens is 1. The molecule has 2 rings (SSSR count). The topological polar surface area (TPSA) is 52.6 Å². The zero-order valence-electron chi connectivity index (χ0n) is 11.9. The second-order valence-corrected chi connectivity index (χ2v) is 5.69. The molecule has 0 bridgehead atoms. The standard InChI is InChI=1S/C15H21FN2O2/c1-11-8-12(16)10-13(9-11)17-15(14(19)20)4-3-6-18(2)7-5-15/h8-10,17H,3-7H2,1-2H3,(H,19,20). The van der Waals surface area contributed by atoms with E-state index < -0.39 is 11.5 Å². The number of carbonyl (C=O) groups is 1. The lowest BCUT2D eigenvalue weighted by molar-refractivity contribution is -0.142. The number of carboxylic acid groups (broad SMARTS) is 1. The van der Waals surface area contributed by atoms with E-state index in [4.69, 9.17) is 0 Å². The molecule has 1 aromatic rings. The van der Waals surface area contributed by atoms with Gasteiger partial charge < -0.3 is 15.3 Å². The van der Waals surface area contributed by atoms with Crippen LogP contribution in [-0.4, -0.2) is 41.7 Å². The minimum Gasteiger partial charge on any atom is -0.480 e. The van der Waals surface area contributed by atoms with Gasteiger partial charge in [0, 0.05) is 12.2 Å². The van der Waals surface area contributed by atoms with Gasteiger partial charge in [-0.1, -0.05) is 0 Å². The third-order valence-electron chi connectivity index (χ3n) is 3.90. The largest absolute Gasteiger partial charge is 0.480 e. The Bertz CT molecular complexity index is 486. The second-order valence-electron chi connectivity index (χ2n) is 5.69. The SMILES string of the molecule is Cc1cc(F)cc(NC2(C(=O)O)CCCN(C)CC2)c1. The number of carboxylic acids is 1. The van der Waals surface area contributed by atoms with Crippen LogP contribution in [0.15, 0.2) is 18.2 Å². The smallest absolute Gasteiger partial charge is 0.329 e. The zero-order valence-corrected chi connectivity index (χ0v) is 11.9. The normalized spacial score (nSPS) is 24.1. The molecule has 0 amide bonds. The fraction of sp³-hybridized carbons (Fsp3) is 0.533. The lowest BCUT2D eigenvalue weighted by Crippen LogP contribution is -2.47. The van der Waals surface area contributed by atoms with Gasteiger partial charge in [0.05, 0.1) is 0 Å². The van der Waals surface area contributed by atoms with Crippen molar-refractivity contribution in [2.45, 2.75) is 31.7 Å². The highest BCUT2D eigenvalue weighted by Gasteiger charge is 2.39. The van der Waals surface area contributed by atoms with E-state index >= 15 is 0 Å². The highest BCUT2D eigenvalue weighted by molar-refractivity contribution is 5.83. The fourth-order valence-corrected chi connectivity index (χ4v) is 2.75. The number of benzene rings is 1. The Kier molecular flexibility index (Phi) is 4.28. The molecule has 1 saturated heterocycles. The van der Waals surface area contributed by atoms with Crippen LogP contribution < -0.4 is 5.32 Å². The summed E-state index contributed by atoms with van der Waals surface area (Å²) in [7, 11) is 1.99. The Morgan fingerprint density at radius 3 is 2.75 bits per heavy atom. The molecule has 1 fully saturated rings. The number of aliphatic carboxylic acids is 1. The first-order chi connectivity index (χ1) is 9.41. The Morgan fingerprint density at radius 2 is 2.10 bits per heavy atom. The highest BCUT2D eigenvalue weighted by atomic mass is 19.1. The summed E-state index contributed by atoms with van der Waals surface area (Å²) in [6, 6.07) is 4.56. The zero-order chi connectivity index (χ0) is 14.8. The summed E-state index contributed by atoms with van der Waals surface area (Å²) in [6.07, 6.45) is 1.86. The number of anilines is 1. The predicted octanol–water partition coefficient (Wildman–Crippen LogP) is 2.49. The monoisotopic (exact) mass is 280 g/mol. The second kappa shape index (κ2) is 5.79. The lowest BCUT2D eigenvalue weighted by Gasteiger charge is -2.30. The van der Waals surface area contributed by atoms with Gasteiger partial charge >= 0.3 is 5.97 Å². The maximum Gasteiger partial charge on any atom is 0.329 e. The minimum atomic E-state index is -1.01. The Morgan fingerprint density at radius 1 is 1.35 bits per heavy atom. The molecule has 4 nitrogen and oxygen atoms in total. The first-order valence-electron chi connectivity index (χ1n) is 6.89. The number of likely N-dealkylation sites (tertiary alicyclic amines) is 1. The van der Waals surface area contributed by atoms with Gasteiger partial charge in [-0.2, -0.15) is 0 Å². The van der Waals surface area contributed by atoms with Gasteiger partial charge in [0.2, 0.25) is 0 Å². The molecule has 1 aliphatic rings. The highest BCUT2D eigenvalue weighted by Crippen LogP contribution is 2.28. The predicted molar refractivity (Wildman–Crippen MR) is 76.5 cm³/mol. The molecular weight excluding hydrogens is 259 g/mol. The van der Waals surface area contributed by atoms with Crippen molar-refractivity contribution < 1.29 is 14.3 Å². The van der Waals surface area contributed by atoms with Gasteiger partial charge in [0.15, 0.2) is 0 Å². The van der Waals surface area contributed by atoms with Crippen LogP contribution in [0.25, 0.3) is 0 Å². The van der Waals surface area contributed by atoms with Crippen molar-refractivity contribution in [1.29, 1.82) is 0 Å². The molecule has 1 heterocycles. The van der Waals surface area contributed by atoms with Crippen molar-refractivity contribution in [3.63, 3.8) is 0 Å². The molecule has 0 spiro atoms. The summed E-state index contributed by atoms with van der Waals surface area (Å²) in [4.78, 5) is 13.9. The Hall–Kier alpha value is -1.62. The summed E-state index contributed by atoms with van der Waals surface area (Å²) in [6.45, 7) is 3.40. The summed E-state index contributed by atoms with van der Waals surface area (Å²) in [5, 5.41) is 12.7. The van der Waals surface area contributed by atoms with Crippen molar-refractivity contribution in [2.75, 3.05) is 25.5 Å². The molecule has 1 aliphatic heterocycles. The van der Waals surface area contributed by atoms with E-state index in [9.17, 15) is 14.3 Å². The Balaban J connectivity index is 2.26. The number of rotatable bonds is 3. The van der Waals surface area contributed by atoms with Crippen molar-refractivity contribution in [3.05, 3.63) is 29.6 Å². The maximum atomic E-state index is 13.5. The molecule has 0 saturated carbocycles. The molecular formula is C15H21FN2O2. The molecule has 0 aromatic heterocycles. The fourth-order valence-electron chi connectivity index (χ4n) is 2.75. The molecule has 110 valence electrons. The van der Waals surface area contributed by atoms with Crippen LogP contribution in [0.4, 0.5) is 10.1 Å². The van der Waals surface area contributed by atoms with Gasteiger partial charge in [0.25, 0.3) is 0 Å². The molecule has 2 N–H and O–H groups in total. The molecule has 1 aromatic carbocycles. The molecule has 5 heteroatoms. The van der Waals surface area contributed by atoms with Crippen molar-refractivity contribution in [1.82, 2.24) is 4.90 Å². The summed E-state index contributed by atoms with van der Waals surface area (Å²) in [5.74, 6) is -1.21. The maximum absolute atomic E-state index is 13.5. The van der Waals surface area contributed by atoms with Crippen molar-refractivity contribution in [3.8, 4) is 0 Å². The first-order valence-corrected chi connectivity index (χ1v) is 6.89. The third-order valence-corrected chi connectivity index (χ3v) is 3.90. The number of nitrogens with one attached hydrogen (secondary N) is 1. The number of hydrogen-bond donors (Lipinski definition) is 2. The summed E-state index contributed by atoms with van der Waals surface area (Å²) < 4.78 is 13.5. The van der Waals surface area contributed by atoms with Gasteiger partial charge in [-0.3, -0.25) is 0 Å². The number of aryl methyl sites for hydroxylation is 1. The third kappa shape index (κ3) is 3.28. The molecule has 0 aliphatic carbocycles. The van der Waals surface area contributed by atoms with Crippen LogP contribution in [0.2, 0.25) is 0 Å². The summed E-state index contributed by atoms with van der Waals surface area (Å²) in [5.41, 5.74) is 0.304. The number of nitrogens with zero attached hydrogens (tertiary/aromatic N) is 1. The van der Waals surface area contributed by atoms with E-state index in [0.29, 0.717) is 25.1 Å². The van der Waals surface area contributed by atoms with Crippen LogP contribution in [0, 0.1) is 12.7 Å². The van der Waals surface area contributed by atoms with Crippen molar-refractivity contribution in [2.24, 2.45) is 0 Å². The van der Waals surface area contributed by atoms with Crippen LogP contribution in [-0.2, 0) is 4.79 Å². The molecule has 20 heavy (non-hydrogen) atoms. The van der Waals surface area contributed by atoms with Gasteiger partial charge in [-0.15, -0.1) is 0 Å². The van der Waals surface area contributed by atoms with Crippen molar-refractivity contribution >= 4 is 11.7 Å². The summed E-state index contributed by atoms with van der Waals surface area (Å²) >= 11 is 0. The lowest BCUT2D eigenvalue weighted by atomic mass is 9.90. The van der Waals surface area contributed by atoms with E-state index in [2.05, 4.69) is 10.2 Å². The van der Waals surface area contributed by atoms with E-state index in [1.807, 2.05) is 7.05 Å². The quantitative estimate of drug-likeness (QED) is 0.893. The average molecular weight is 280 g/mol. The van der Waals surface area contributed by atoms with Gasteiger partial charge in [-0.05, 0) is 63.5 Å². The first kappa shape index (κ1) is 14.8. The molecule has 0 radical (unpaired) electrons. The van der Waals surface area contributed by atoms with E-state index in [0.717, 1.165) is 18.5 Å². The van der Waals surface area contributed by atoms with E-state index in [1.54, 1.807) is 13.0 Å². The van der Waals surface area contributed by atoms with Crippen LogP contribution in [0.1, 0.15) is 24.8 Å². The van der Waals surface area contributed by atoms with Crippen LogP contribution in [0.3, 0.4) is 0 Å². The van der Waals surface area contributed by atoms with Crippen LogP contribution >= 0.6 is 0 Å². The van der Waals surface area contributed by atoms with E-state index in [1.165, 1.54) is 12.1 Å².